The van der Waals surface area contributed by atoms with E-state index in [-0.39, 0.29) is 11.3 Å². The third kappa shape index (κ3) is 4.22. The summed E-state index contributed by atoms with van der Waals surface area (Å²) in [6.45, 7) is 0.350. The second-order valence-electron chi connectivity index (χ2n) is 5.46. The molecule has 132 valence electrons. The Morgan fingerprint density at radius 2 is 1.73 bits per heavy atom. The third-order valence-corrected chi connectivity index (χ3v) is 4.94. The Morgan fingerprint density at radius 3 is 2.38 bits per heavy atom. The fourth-order valence-electron chi connectivity index (χ4n) is 2.42. The molecule has 0 fully saturated rings. The van der Waals surface area contributed by atoms with Gasteiger partial charge in [0.1, 0.15) is 5.56 Å². The van der Waals surface area contributed by atoms with Gasteiger partial charge < -0.3 is 15.7 Å². The van der Waals surface area contributed by atoms with Crippen LogP contribution in [0.1, 0.15) is 15.9 Å². The van der Waals surface area contributed by atoms with Gasteiger partial charge in [0.25, 0.3) is 0 Å². The van der Waals surface area contributed by atoms with Gasteiger partial charge in [0.15, 0.2) is 0 Å². The Bertz CT molecular complexity index is 924. The minimum Gasteiger partial charge on any atom is -0.478 e. The summed E-state index contributed by atoms with van der Waals surface area (Å²) in [5, 5.41) is 17.1. The molecule has 2 aromatic carbocycles. The van der Waals surface area contributed by atoms with Crippen molar-refractivity contribution >= 4 is 40.6 Å². The topological polar surface area (TPSA) is 78.4 Å². The van der Waals surface area contributed by atoms with Crippen LogP contribution in [0.3, 0.4) is 0 Å². The summed E-state index contributed by atoms with van der Waals surface area (Å²) in [5.41, 5.74) is 2.01. The molecule has 2 amide bonds. The molecule has 0 spiro atoms. The number of carbonyl (C=O) groups is 2. The van der Waals surface area contributed by atoms with Crippen molar-refractivity contribution in [2.24, 2.45) is 0 Å². The van der Waals surface area contributed by atoms with Crippen molar-refractivity contribution in [1.82, 2.24) is 5.32 Å². The Balaban J connectivity index is 1.76. The van der Waals surface area contributed by atoms with Gasteiger partial charge in [-0.2, -0.15) is 0 Å². The maximum Gasteiger partial charge on any atom is 0.339 e. The van der Waals surface area contributed by atoms with Crippen LogP contribution in [0.15, 0.2) is 60.0 Å². The second-order valence-corrected chi connectivity index (χ2v) is 6.77. The first-order valence-electron chi connectivity index (χ1n) is 7.74. The fourth-order valence-corrected chi connectivity index (χ4v) is 3.55. The highest BCUT2D eigenvalue weighted by molar-refractivity contribution is 7.14. The van der Waals surface area contributed by atoms with Crippen molar-refractivity contribution in [1.29, 1.82) is 0 Å². The van der Waals surface area contributed by atoms with E-state index >= 15 is 0 Å². The molecule has 0 unspecified atom stereocenters. The summed E-state index contributed by atoms with van der Waals surface area (Å²) in [6.07, 6.45) is 0. The van der Waals surface area contributed by atoms with Gasteiger partial charge in [0.2, 0.25) is 0 Å². The van der Waals surface area contributed by atoms with Crippen molar-refractivity contribution in [3.05, 3.63) is 76.1 Å². The molecule has 26 heavy (non-hydrogen) atoms. The maximum atomic E-state index is 12.1. The number of carbonyl (C=O) groups excluding carboxylic acids is 1. The standard InChI is InChI=1S/C19H15ClN2O3S/c20-14-8-6-13(7-9-14)17-16(18(23)24)15(11-26-17)22-19(25)21-10-12-4-2-1-3-5-12/h1-9,11H,10H2,(H,23,24)(H2,21,22,25). The minimum atomic E-state index is -1.10. The van der Waals surface area contributed by atoms with Crippen molar-refractivity contribution in [2.45, 2.75) is 6.54 Å². The molecular formula is C19H15ClN2O3S. The molecule has 3 N–H and O–H groups in total. The first-order valence-corrected chi connectivity index (χ1v) is 9.00. The Morgan fingerprint density at radius 1 is 1.04 bits per heavy atom. The third-order valence-electron chi connectivity index (χ3n) is 3.66. The molecule has 5 nitrogen and oxygen atoms in total. The lowest BCUT2D eigenvalue weighted by molar-refractivity contribution is 0.0699. The fraction of sp³-hybridized carbons (Fsp3) is 0.0526. The molecule has 0 radical (unpaired) electrons. The summed E-state index contributed by atoms with van der Waals surface area (Å²) in [4.78, 5) is 24.4. The Labute approximate surface area is 159 Å². The van der Waals surface area contributed by atoms with Gasteiger partial charge in [-0.15, -0.1) is 11.3 Å². The monoisotopic (exact) mass is 386 g/mol. The zero-order chi connectivity index (χ0) is 18.5. The van der Waals surface area contributed by atoms with Crippen LogP contribution in [0.25, 0.3) is 10.4 Å². The van der Waals surface area contributed by atoms with E-state index in [1.807, 2.05) is 30.3 Å². The number of carboxylic acid groups (broad SMARTS) is 1. The summed E-state index contributed by atoms with van der Waals surface area (Å²) in [5.74, 6) is -1.10. The van der Waals surface area contributed by atoms with Crippen LogP contribution in [-0.2, 0) is 6.54 Å². The van der Waals surface area contributed by atoms with Gasteiger partial charge in [0, 0.05) is 16.9 Å². The van der Waals surface area contributed by atoms with Crippen LogP contribution in [0, 0.1) is 0 Å². The highest BCUT2D eigenvalue weighted by atomic mass is 35.5. The molecule has 1 aromatic heterocycles. The molecule has 0 saturated heterocycles. The molecule has 0 saturated carbocycles. The van der Waals surface area contributed by atoms with Gasteiger partial charge in [-0.05, 0) is 23.3 Å². The Hall–Kier alpha value is -2.83. The van der Waals surface area contributed by atoms with Gasteiger partial charge >= 0.3 is 12.0 Å². The predicted octanol–water partition coefficient (Wildman–Crippen LogP) is 5.09. The molecular weight excluding hydrogens is 372 g/mol. The molecule has 0 aliphatic heterocycles. The quantitative estimate of drug-likeness (QED) is 0.571. The lowest BCUT2D eigenvalue weighted by atomic mass is 10.1. The van der Waals surface area contributed by atoms with E-state index in [9.17, 15) is 14.7 Å². The number of halogens is 1. The number of hydrogen-bond donors (Lipinski definition) is 3. The van der Waals surface area contributed by atoms with Crippen LogP contribution in [-0.4, -0.2) is 17.1 Å². The number of hydrogen-bond acceptors (Lipinski definition) is 3. The van der Waals surface area contributed by atoms with Crippen LogP contribution < -0.4 is 10.6 Å². The molecule has 7 heteroatoms. The van der Waals surface area contributed by atoms with E-state index in [1.165, 1.54) is 11.3 Å². The molecule has 0 aliphatic rings. The maximum absolute atomic E-state index is 12.1. The number of urea groups is 1. The molecule has 1 heterocycles. The zero-order valence-corrected chi connectivity index (χ0v) is 15.1. The van der Waals surface area contributed by atoms with Gasteiger partial charge in [0.05, 0.1) is 10.6 Å². The van der Waals surface area contributed by atoms with Crippen molar-refractivity contribution < 1.29 is 14.7 Å². The van der Waals surface area contributed by atoms with Gasteiger partial charge in [-0.25, -0.2) is 9.59 Å². The van der Waals surface area contributed by atoms with E-state index in [2.05, 4.69) is 10.6 Å². The van der Waals surface area contributed by atoms with Crippen LogP contribution in [0.4, 0.5) is 10.5 Å². The highest BCUT2D eigenvalue weighted by Gasteiger charge is 2.21. The van der Waals surface area contributed by atoms with E-state index in [0.717, 1.165) is 11.1 Å². The first kappa shape index (κ1) is 18.0. The second kappa shape index (κ2) is 8.03. The van der Waals surface area contributed by atoms with E-state index < -0.39 is 12.0 Å². The lowest BCUT2D eigenvalue weighted by Gasteiger charge is -2.08. The summed E-state index contributed by atoms with van der Waals surface area (Å²) >= 11 is 7.14. The summed E-state index contributed by atoms with van der Waals surface area (Å²) in [7, 11) is 0. The lowest BCUT2D eigenvalue weighted by Crippen LogP contribution is -2.28. The van der Waals surface area contributed by atoms with E-state index in [1.54, 1.807) is 29.6 Å². The van der Waals surface area contributed by atoms with Crippen LogP contribution >= 0.6 is 22.9 Å². The van der Waals surface area contributed by atoms with Crippen LogP contribution in [0.2, 0.25) is 5.02 Å². The Kier molecular flexibility index (Phi) is 5.55. The van der Waals surface area contributed by atoms with Gasteiger partial charge in [-0.3, -0.25) is 0 Å². The number of carboxylic acids is 1. The smallest absolute Gasteiger partial charge is 0.339 e. The normalized spacial score (nSPS) is 10.3. The number of benzene rings is 2. The molecule has 3 aromatic rings. The van der Waals surface area contributed by atoms with E-state index in [0.29, 0.717) is 16.4 Å². The first-order chi connectivity index (χ1) is 12.5. The molecule has 0 atom stereocenters. The average molecular weight is 387 g/mol. The zero-order valence-electron chi connectivity index (χ0n) is 13.5. The minimum absolute atomic E-state index is 0.0622. The van der Waals surface area contributed by atoms with Crippen molar-refractivity contribution in [3.8, 4) is 10.4 Å². The number of anilines is 1. The molecule has 3 rings (SSSR count). The SMILES string of the molecule is O=C(NCc1ccccc1)Nc1csc(-c2ccc(Cl)cc2)c1C(=O)O. The number of thiophene rings is 1. The van der Waals surface area contributed by atoms with Crippen molar-refractivity contribution in [3.63, 3.8) is 0 Å². The largest absolute Gasteiger partial charge is 0.478 e. The highest BCUT2D eigenvalue weighted by Crippen LogP contribution is 2.36. The number of aromatic carboxylic acids is 1. The van der Waals surface area contributed by atoms with Gasteiger partial charge in [-0.1, -0.05) is 54.1 Å². The van der Waals surface area contributed by atoms with Crippen LogP contribution in [0.5, 0.6) is 0 Å². The molecule has 0 bridgehead atoms. The molecule has 0 aliphatic carbocycles. The predicted molar refractivity (Wildman–Crippen MR) is 104 cm³/mol. The number of nitrogens with one attached hydrogen (secondary N) is 2. The number of rotatable bonds is 5. The average Bonchev–Trinajstić information content (AvgIpc) is 3.05. The van der Waals surface area contributed by atoms with E-state index in [4.69, 9.17) is 11.6 Å². The summed E-state index contributed by atoms with van der Waals surface area (Å²) < 4.78 is 0. The van der Waals surface area contributed by atoms with Crippen molar-refractivity contribution in [2.75, 3.05) is 5.32 Å². The number of amides is 2. The summed E-state index contributed by atoms with van der Waals surface area (Å²) in [6, 6.07) is 15.9.